The Hall–Kier alpha value is -0.675. The molecular formula is C10H23BN2O6S. The van der Waals surface area contributed by atoms with Gasteiger partial charge in [-0.3, -0.25) is 9.35 Å². The number of nitrogens with zero attached hydrogens (tertiary/aromatic N) is 1. The third-order valence-electron chi connectivity index (χ3n) is 2.93. The third-order valence-corrected chi connectivity index (χ3v) is 2.93. The molecule has 20 heavy (non-hydrogen) atoms. The molecule has 10 heteroatoms. The molecule has 0 aromatic rings. The maximum Gasteiger partial charge on any atom is 0.475 e. The summed E-state index contributed by atoms with van der Waals surface area (Å²) >= 11 is 0. The van der Waals surface area contributed by atoms with Crippen LogP contribution in [0.25, 0.3) is 0 Å². The summed E-state index contributed by atoms with van der Waals surface area (Å²) in [4.78, 5) is 13.4. The molecule has 1 heterocycles. The molecule has 1 fully saturated rings. The smallest absolute Gasteiger partial charge is 0.426 e. The van der Waals surface area contributed by atoms with E-state index in [-0.39, 0.29) is 11.8 Å². The van der Waals surface area contributed by atoms with Crippen molar-refractivity contribution in [2.45, 2.75) is 38.7 Å². The first-order valence-electron chi connectivity index (χ1n) is 6.29. The van der Waals surface area contributed by atoms with Gasteiger partial charge >= 0.3 is 7.12 Å². The lowest BCUT2D eigenvalue weighted by Crippen LogP contribution is -2.52. The van der Waals surface area contributed by atoms with Crippen LogP contribution in [-0.2, 0) is 14.9 Å². The molecule has 0 bridgehead atoms. The first kappa shape index (κ1) is 19.3. The summed E-state index contributed by atoms with van der Waals surface area (Å²) in [5.74, 6) is -0.600. The molecule has 0 aromatic carbocycles. The average molecular weight is 310 g/mol. The Morgan fingerprint density at radius 1 is 1.40 bits per heavy atom. The summed E-state index contributed by atoms with van der Waals surface area (Å²) in [7, 11) is -5.13. The van der Waals surface area contributed by atoms with Gasteiger partial charge in [-0.05, 0) is 18.8 Å². The van der Waals surface area contributed by atoms with Crippen molar-refractivity contribution >= 4 is 23.1 Å². The Morgan fingerprint density at radius 2 is 1.85 bits per heavy atom. The lowest BCUT2D eigenvalue weighted by molar-refractivity contribution is -0.133. The zero-order valence-electron chi connectivity index (χ0n) is 11.9. The van der Waals surface area contributed by atoms with Crippen molar-refractivity contribution in [1.82, 2.24) is 4.90 Å². The van der Waals surface area contributed by atoms with Crippen LogP contribution in [0, 0.1) is 5.92 Å². The molecular weight excluding hydrogens is 287 g/mol. The number of nitrogens with two attached hydrogens (primary N) is 1. The predicted octanol–water partition coefficient (Wildman–Crippen LogP) is -1.52. The monoisotopic (exact) mass is 310 g/mol. The fraction of sp³-hybridized carbons (Fsp3) is 0.900. The number of likely N-dealkylation sites (tertiary alicyclic amines) is 1. The zero-order chi connectivity index (χ0) is 16.1. The van der Waals surface area contributed by atoms with Crippen molar-refractivity contribution in [3.63, 3.8) is 0 Å². The molecule has 0 saturated carbocycles. The highest BCUT2D eigenvalue weighted by Crippen LogP contribution is 2.19. The van der Waals surface area contributed by atoms with Crippen LogP contribution in [0.1, 0.15) is 26.7 Å². The summed E-state index contributed by atoms with van der Waals surface area (Å²) in [6.45, 7) is 4.33. The molecule has 0 aliphatic carbocycles. The quantitative estimate of drug-likeness (QED) is 0.366. The van der Waals surface area contributed by atoms with Crippen LogP contribution in [0.4, 0.5) is 0 Å². The average Bonchev–Trinajstić information content (AvgIpc) is 2.73. The largest absolute Gasteiger partial charge is 0.475 e. The lowest BCUT2D eigenvalue weighted by atomic mass is 9.77. The van der Waals surface area contributed by atoms with E-state index < -0.39 is 29.2 Å². The summed E-state index contributed by atoms with van der Waals surface area (Å²) in [6, 6.07) is -0.552. The predicted molar refractivity (Wildman–Crippen MR) is 75.2 cm³/mol. The van der Waals surface area contributed by atoms with E-state index in [1.807, 2.05) is 13.8 Å². The van der Waals surface area contributed by atoms with Crippen molar-refractivity contribution in [2.24, 2.45) is 11.7 Å². The van der Waals surface area contributed by atoms with E-state index >= 15 is 0 Å². The normalized spacial score (nSPS) is 20.4. The summed E-state index contributed by atoms with van der Waals surface area (Å²) < 4.78 is 25.9. The highest BCUT2D eigenvalue weighted by Gasteiger charge is 2.38. The van der Waals surface area contributed by atoms with Crippen molar-refractivity contribution in [3.05, 3.63) is 0 Å². The lowest BCUT2D eigenvalue weighted by Gasteiger charge is -2.28. The van der Waals surface area contributed by atoms with Crippen molar-refractivity contribution in [3.8, 4) is 0 Å². The first-order valence-corrected chi connectivity index (χ1v) is 8.14. The number of amides is 1. The Balaban J connectivity index is 0.000000621. The van der Waals surface area contributed by atoms with Gasteiger partial charge in [-0.2, -0.15) is 8.42 Å². The van der Waals surface area contributed by atoms with E-state index in [1.54, 1.807) is 0 Å². The van der Waals surface area contributed by atoms with Crippen LogP contribution < -0.4 is 5.73 Å². The highest BCUT2D eigenvalue weighted by molar-refractivity contribution is 7.85. The molecule has 2 unspecified atom stereocenters. The van der Waals surface area contributed by atoms with Gasteiger partial charge in [0.2, 0.25) is 5.91 Å². The Labute approximate surface area is 119 Å². The van der Waals surface area contributed by atoms with Crippen LogP contribution in [0.2, 0.25) is 0 Å². The topological polar surface area (TPSA) is 141 Å². The van der Waals surface area contributed by atoms with Gasteiger partial charge in [0, 0.05) is 6.54 Å². The van der Waals surface area contributed by atoms with Crippen LogP contribution in [0.3, 0.4) is 0 Å². The minimum Gasteiger partial charge on any atom is -0.426 e. The van der Waals surface area contributed by atoms with Gasteiger partial charge in [-0.25, -0.2) is 0 Å². The molecule has 1 saturated heterocycles. The van der Waals surface area contributed by atoms with Crippen LogP contribution >= 0.6 is 0 Å². The molecule has 1 amide bonds. The SMILES string of the molecule is CC(C)C(N)C(=O)N1CCCC1B(O)O.CS(=O)(=O)O. The van der Waals surface area contributed by atoms with Gasteiger partial charge in [0.05, 0.1) is 18.2 Å². The molecule has 1 aliphatic rings. The van der Waals surface area contributed by atoms with Gasteiger partial charge < -0.3 is 20.7 Å². The Kier molecular flexibility index (Phi) is 7.67. The third kappa shape index (κ3) is 7.20. The number of hydrogen-bond acceptors (Lipinski definition) is 6. The number of hydrogen-bond donors (Lipinski definition) is 4. The van der Waals surface area contributed by atoms with E-state index in [1.165, 1.54) is 4.90 Å². The van der Waals surface area contributed by atoms with E-state index in [4.69, 9.17) is 20.3 Å². The molecule has 1 rings (SSSR count). The summed E-state index contributed by atoms with van der Waals surface area (Å²) in [5.41, 5.74) is 5.75. The van der Waals surface area contributed by atoms with Crippen molar-refractivity contribution in [1.29, 1.82) is 0 Å². The fourth-order valence-electron chi connectivity index (χ4n) is 1.85. The molecule has 0 radical (unpaired) electrons. The number of carbonyl (C=O) groups excluding carboxylic acids is 1. The molecule has 0 spiro atoms. The van der Waals surface area contributed by atoms with Gasteiger partial charge in [0.1, 0.15) is 0 Å². The van der Waals surface area contributed by atoms with Gasteiger partial charge in [-0.15, -0.1) is 0 Å². The number of carbonyl (C=O) groups is 1. The van der Waals surface area contributed by atoms with E-state index in [9.17, 15) is 13.2 Å². The van der Waals surface area contributed by atoms with Gasteiger partial charge in [0.25, 0.3) is 10.1 Å². The Bertz CT molecular complexity index is 406. The van der Waals surface area contributed by atoms with Gasteiger partial charge in [0.15, 0.2) is 0 Å². The fourth-order valence-corrected chi connectivity index (χ4v) is 1.85. The zero-order valence-corrected chi connectivity index (χ0v) is 12.7. The second-order valence-electron chi connectivity index (χ2n) is 5.16. The number of rotatable bonds is 3. The molecule has 1 aliphatic heterocycles. The molecule has 8 nitrogen and oxygen atoms in total. The highest BCUT2D eigenvalue weighted by atomic mass is 32.2. The van der Waals surface area contributed by atoms with Crippen molar-refractivity contribution < 1.29 is 27.8 Å². The molecule has 0 aromatic heterocycles. The first-order chi connectivity index (χ1) is 8.95. The van der Waals surface area contributed by atoms with Crippen LogP contribution in [0.5, 0.6) is 0 Å². The maximum atomic E-state index is 11.9. The maximum absolute atomic E-state index is 11.9. The molecule has 118 valence electrons. The molecule has 2 atom stereocenters. The van der Waals surface area contributed by atoms with E-state index in [2.05, 4.69) is 0 Å². The summed E-state index contributed by atoms with van der Waals surface area (Å²) in [6.07, 6.45) is 2.15. The second-order valence-corrected chi connectivity index (χ2v) is 6.62. The van der Waals surface area contributed by atoms with Crippen LogP contribution in [0.15, 0.2) is 0 Å². The van der Waals surface area contributed by atoms with E-state index in [0.717, 1.165) is 6.42 Å². The standard InChI is InChI=1S/C9H19BN2O3.CH4O3S/c1-6(2)8(11)9(13)12-5-3-4-7(12)10(14)15;1-5(2,3)4/h6-8,14-15H,3-5,11H2,1-2H3;1H3,(H,2,3,4). The Morgan fingerprint density at radius 3 is 2.20 bits per heavy atom. The van der Waals surface area contributed by atoms with Gasteiger partial charge in [-0.1, -0.05) is 13.8 Å². The minimum absolute atomic E-state index is 0.0644. The molecule has 5 N–H and O–H groups in total. The van der Waals surface area contributed by atoms with E-state index in [0.29, 0.717) is 19.2 Å². The minimum atomic E-state index is -3.67. The second kappa shape index (κ2) is 7.94. The van der Waals surface area contributed by atoms with Crippen molar-refractivity contribution in [2.75, 3.05) is 12.8 Å². The van der Waals surface area contributed by atoms with Crippen LogP contribution in [-0.4, -0.2) is 65.7 Å². The summed E-state index contributed by atoms with van der Waals surface area (Å²) in [5, 5.41) is 18.2.